The highest BCUT2D eigenvalue weighted by Crippen LogP contribution is 2.27. The SMILES string of the molecule is Cc1cccc(C(NC(=O)CNCC2CC2)c2cccc(C)c2)c1. The Morgan fingerprint density at radius 1 is 1.04 bits per heavy atom. The van der Waals surface area contributed by atoms with Crippen LogP contribution in [0, 0.1) is 19.8 Å². The summed E-state index contributed by atoms with van der Waals surface area (Å²) >= 11 is 0. The minimum Gasteiger partial charge on any atom is -0.344 e. The van der Waals surface area contributed by atoms with Crippen LogP contribution < -0.4 is 10.6 Å². The first-order chi connectivity index (χ1) is 11.6. The molecule has 0 saturated heterocycles. The fourth-order valence-electron chi connectivity index (χ4n) is 2.98. The molecule has 0 bridgehead atoms. The van der Waals surface area contributed by atoms with Gasteiger partial charge in [0, 0.05) is 0 Å². The molecule has 1 fully saturated rings. The van der Waals surface area contributed by atoms with E-state index < -0.39 is 0 Å². The molecule has 2 aromatic rings. The molecule has 1 amide bonds. The van der Waals surface area contributed by atoms with E-state index in [1.165, 1.54) is 24.0 Å². The third-order valence-corrected chi connectivity index (χ3v) is 4.47. The molecule has 0 spiro atoms. The van der Waals surface area contributed by atoms with Crippen molar-refractivity contribution in [1.29, 1.82) is 0 Å². The van der Waals surface area contributed by atoms with E-state index in [0.29, 0.717) is 6.54 Å². The lowest BCUT2D eigenvalue weighted by Crippen LogP contribution is -2.37. The first-order valence-corrected chi connectivity index (χ1v) is 8.75. The predicted octanol–water partition coefficient (Wildman–Crippen LogP) is 3.51. The van der Waals surface area contributed by atoms with Gasteiger partial charge in [-0.15, -0.1) is 0 Å². The van der Waals surface area contributed by atoms with Crippen LogP contribution in [0.1, 0.15) is 41.1 Å². The number of rotatable bonds is 7. The van der Waals surface area contributed by atoms with Crippen molar-refractivity contribution in [3.05, 3.63) is 70.8 Å². The van der Waals surface area contributed by atoms with E-state index in [1.807, 2.05) is 12.1 Å². The quantitative estimate of drug-likeness (QED) is 0.819. The third-order valence-electron chi connectivity index (χ3n) is 4.47. The van der Waals surface area contributed by atoms with Crippen LogP contribution in [0.5, 0.6) is 0 Å². The lowest BCUT2D eigenvalue weighted by Gasteiger charge is -2.21. The van der Waals surface area contributed by atoms with Crippen molar-refractivity contribution >= 4 is 5.91 Å². The highest BCUT2D eigenvalue weighted by molar-refractivity contribution is 5.79. The van der Waals surface area contributed by atoms with Crippen LogP contribution in [0.4, 0.5) is 0 Å². The number of carbonyl (C=O) groups excluding carboxylic acids is 1. The fourth-order valence-corrected chi connectivity index (χ4v) is 2.98. The Kier molecular flexibility index (Phi) is 5.31. The van der Waals surface area contributed by atoms with Gasteiger partial charge in [0.1, 0.15) is 0 Å². The molecule has 2 N–H and O–H groups in total. The molecule has 1 aliphatic rings. The van der Waals surface area contributed by atoms with Gasteiger partial charge in [0.05, 0.1) is 12.6 Å². The van der Waals surface area contributed by atoms with Gasteiger partial charge in [-0.1, -0.05) is 59.7 Å². The first kappa shape index (κ1) is 16.7. The van der Waals surface area contributed by atoms with E-state index in [9.17, 15) is 4.79 Å². The number of hydrogen-bond acceptors (Lipinski definition) is 2. The largest absolute Gasteiger partial charge is 0.344 e. The molecule has 2 aromatic carbocycles. The highest BCUT2D eigenvalue weighted by Gasteiger charge is 2.21. The Hall–Kier alpha value is -2.13. The molecular formula is C21H26N2O. The summed E-state index contributed by atoms with van der Waals surface area (Å²) in [7, 11) is 0. The second-order valence-corrected chi connectivity index (χ2v) is 6.90. The van der Waals surface area contributed by atoms with E-state index in [-0.39, 0.29) is 11.9 Å². The molecule has 0 radical (unpaired) electrons. The Bertz CT molecular complexity index is 661. The van der Waals surface area contributed by atoms with Gasteiger partial charge in [0.25, 0.3) is 0 Å². The highest BCUT2D eigenvalue weighted by atomic mass is 16.1. The lowest BCUT2D eigenvalue weighted by molar-refractivity contribution is -0.120. The summed E-state index contributed by atoms with van der Waals surface area (Å²) in [5, 5.41) is 6.46. The maximum absolute atomic E-state index is 12.4. The van der Waals surface area contributed by atoms with Crippen molar-refractivity contribution in [3.8, 4) is 0 Å². The van der Waals surface area contributed by atoms with E-state index >= 15 is 0 Å². The Morgan fingerprint density at radius 3 is 2.12 bits per heavy atom. The van der Waals surface area contributed by atoms with Crippen molar-refractivity contribution in [3.63, 3.8) is 0 Å². The number of carbonyl (C=O) groups is 1. The number of nitrogens with one attached hydrogen (secondary N) is 2. The zero-order valence-electron chi connectivity index (χ0n) is 14.5. The summed E-state index contributed by atoms with van der Waals surface area (Å²) in [5.41, 5.74) is 4.64. The maximum atomic E-state index is 12.4. The van der Waals surface area contributed by atoms with E-state index in [2.05, 4.69) is 60.9 Å². The standard InChI is InChI=1S/C21H26N2O/c1-15-5-3-7-18(11-15)21(19-8-4-6-16(2)12-19)23-20(24)14-22-13-17-9-10-17/h3-8,11-12,17,21-22H,9-10,13-14H2,1-2H3,(H,23,24). The summed E-state index contributed by atoms with van der Waals surface area (Å²) in [5.74, 6) is 0.825. The van der Waals surface area contributed by atoms with Gasteiger partial charge in [-0.3, -0.25) is 4.79 Å². The van der Waals surface area contributed by atoms with Crippen molar-refractivity contribution in [2.24, 2.45) is 5.92 Å². The molecule has 0 unspecified atom stereocenters. The van der Waals surface area contributed by atoms with Crippen molar-refractivity contribution in [2.75, 3.05) is 13.1 Å². The molecule has 0 heterocycles. The molecule has 0 aliphatic heterocycles. The van der Waals surface area contributed by atoms with E-state index in [0.717, 1.165) is 23.6 Å². The van der Waals surface area contributed by atoms with Crippen LogP contribution in [0.3, 0.4) is 0 Å². The molecular weight excluding hydrogens is 296 g/mol. The van der Waals surface area contributed by atoms with Crippen molar-refractivity contribution in [2.45, 2.75) is 32.7 Å². The van der Waals surface area contributed by atoms with Crippen LogP contribution in [0.2, 0.25) is 0 Å². The third kappa shape index (κ3) is 4.68. The number of aryl methyl sites for hydroxylation is 2. The number of benzene rings is 2. The summed E-state index contributed by atoms with van der Waals surface area (Å²) in [6.45, 7) is 5.49. The first-order valence-electron chi connectivity index (χ1n) is 8.75. The Balaban J connectivity index is 1.75. The molecule has 1 aliphatic carbocycles. The average Bonchev–Trinajstić information content (AvgIpc) is 3.37. The zero-order chi connectivity index (χ0) is 16.9. The van der Waals surface area contributed by atoms with Gasteiger partial charge in [-0.25, -0.2) is 0 Å². The average molecular weight is 322 g/mol. The Labute approximate surface area is 144 Å². The normalized spacial score (nSPS) is 14.0. The smallest absolute Gasteiger partial charge is 0.234 e. The molecule has 3 heteroatoms. The van der Waals surface area contributed by atoms with Crippen LogP contribution in [0.15, 0.2) is 48.5 Å². The van der Waals surface area contributed by atoms with Crippen LogP contribution >= 0.6 is 0 Å². The van der Waals surface area contributed by atoms with Gasteiger partial charge >= 0.3 is 0 Å². The zero-order valence-corrected chi connectivity index (χ0v) is 14.5. The van der Waals surface area contributed by atoms with Gasteiger partial charge in [0.15, 0.2) is 0 Å². The Morgan fingerprint density at radius 2 is 1.62 bits per heavy atom. The molecule has 3 nitrogen and oxygen atoms in total. The van der Waals surface area contributed by atoms with Gasteiger partial charge < -0.3 is 10.6 Å². The second kappa shape index (κ2) is 7.63. The second-order valence-electron chi connectivity index (χ2n) is 6.90. The number of amides is 1. The monoisotopic (exact) mass is 322 g/mol. The predicted molar refractivity (Wildman–Crippen MR) is 97.9 cm³/mol. The summed E-state index contributed by atoms with van der Waals surface area (Å²) in [4.78, 5) is 12.4. The summed E-state index contributed by atoms with van der Waals surface area (Å²) < 4.78 is 0. The molecule has 126 valence electrons. The van der Waals surface area contributed by atoms with E-state index in [1.54, 1.807) is 0 Å². The van der Waals surface area contributed by atoms with Crippen LogP contribution in [0.25, 0.3) is 0 Å². The summed E-state index contributed by atoms with van der Waals surface area (Å²) in [6, 6.07) is 16.6. The minimum atomic E-state index is -0.111. The molecule has 0 aromatic heterocycles. The van der Waals surface area contributed by atoms with Crippen molar-refractivity contribution in [1.82, 2.24) is 10.6 Å². The van der Waals surface area contributed by atoms with Crippen molar-refractivity contribution < 1.29 is 4.79 Å². The summed E-state index contributed by atoms with van der Waals surface area (Å²) in [6.07, 6.45) is 2.59. The fraction of sp³-hybridized carbons (Fsp3) is 0.381. The molecule has 24 heavy (non-hydrogen) atoms. The van der Waals surface area contributed by atoms with Gasteiger partial charge in [-0.2, -0.15) is 0 Å². The van der Waals surface area contributed by atoms with Crippen LogP contribution in [-0.4, -0.2) is 19.0 Å². The molecule has 0 atom stereocenters. The molecule has 1 saturated carbocycles. The topological polar surface area (TPSA) is 41.1 Å². The lowest BCUT2D eigenvalue weighted by atomic mass is 9.96. The molecule has 3 rings (SSSR count). The maximum Gasteiger partial charge on any atom is 0.234 e. The van der Waals surface area contributed by atoms with Gasteiger partial charge in [-0.05, 0) is 50.3 Å². The van der Waals surface area contributed by atoms with Crippen LogP contribution in [-0.2, 0) is 4.79 Å². The van der Waals surface area contributed by atoms with E-state index in [4.69, 9.17) is 0 Å². The minimum absolute atomic E-state index is 0.0451. The van der Waals surface area contributed by atoms with Gasteiger partial charge in [0.2, 0.25) is 5.91 Å². The number of hydrogen-bond donors (Lipinski definition) is 2.